The Hall–Kier alpha value is -2.25. The number of carbonyl (C=O) groups excluding carboxylic acids is 2. The van der Waals surface area contributed by atoms with Crippen molar-refractivity contribution in [2.45, 2.75) is 18.8 Å². The molecule has 0 radical (unpaired) electrons. The van der Waals surface area contributed by atoms with Gasteiger partial charge in [0.25, 0.3) is 5.91 Å². The SMILES string of the molecule is COC(=O)c1cccc(NC(=O)c2csc(C3CCNCC3)n2)c1. The van der Waals surface area contributed by atoms with Gasteiger partial charge >= 0.3 is 5.97 Å². The van der Waals surface area contributed by atoms with Crippen molar-refractivity contribution in [3.8, 4) is 0 Å². The second kappa shape index (κ2) is 7.55. The Morgan fingerprint density at radius 2 is 2.12 bits per heavy atom. The number of hydrogen-bond acceptors (Lipinski definition) is 6. The van der Waals surface area contributed by atoms with Crippen LogP contribution >= 0.6 is 11.3 Å². The largest absolute Gasteiger partial charge is 0.465 e. The van der Waals surface area contributed by atoms with Crippen molar-refractivity contribution in [2.24, 2.45) is 0 Å². The van der Waals surface area contributed by atoms with Crippen LogP contribution < -0.4 is 10.6 Å². The highest BCUT2D eigenvalue weighted by atomic mass is 32.1. The van der Waals surface area contributed by atoms with Gasteiger partial charge in [0.1, 0.15) is 5.69 Å². The minimum Gasteiger partial charge on any atom is -0.465 e. The molecule has 2 N–H and O–H groups in total. The Labute approximate surface area is 144 Å². The number of piperidine rings is 1. The number of nitrogens with zero attached hydrogens (tertiary/aromatic N) is 1. The van der Waals surface area contributed by atoms with Crippen LogP contribution in [-0.4, -0.2) is 37.1 Å². The fourth-order valence-corrected chi connectivity index (χ4v) is 3.66. The standard InChI is InChI=1S/C17H19N3O3S/c1-23-17(22)12-3-2-4-13(9-12)19-15(21)14-10-24-16(20-14)11-5-7-18-8-6-11/h2-4,9-11,18H,5-8H2,1H3,(H,19,21). The molecule has 0 saturated carbocycles. The molecule has 1 amide bonds. The molecule has 6 nitrogen and oxygen atoms in total. The van der Waals surface area contributed by atoms with Crippen molar-refractivity contribution in [3.05, 3.63) is 45.9 Å². The number of aromatic nitrogens is 1. The summed E-state index contributed by atoms with van der Waals surface area (Å²) in [7, 11) is 1.32. The molecule has 1 saturated heterocycles. The first kappa shape index (κ1) is 16.6. The molecule has 1 fully saturated rings. The summed E-state index contributed by atoms with van der Waals surface area (Å²) in [5, 5.41) is 8.91. The fourth-order valence-electron chi connectivity index (χ4n) is 2.69. The smallest absolute Gasteiger partial charge is 0.337 e. The molecular weight excluding hydrogens is 326 g/mol. The molecule has 3 rings (SSSR count). The van der Waals surface area contributed by atoms with Crippen LogP contribution in [0.25, 0.3) is 0 Å². The van der Waals surface area contributed by atoms with Crippen molar-refractivity contribution < 1.29 is 14.3 Å². The average molecular weight is 345 g/mol. The van der Waals surface area contributed by atoms with Gasteiger partial charge in [0.15, 0.2) is 0 Å². The predicted molar refractivity (Wildman–Crippen MR) is 92.7 cm³/mol. The summed E-state index contributed by atoms with van der Waals surface area (Å²) in [6.07, 6.45) is 2.10. The van der Waals surface area contributed by atoms with E-state index in [9.17, 15) is 9.59 Å². The van der Waals surface area contributed by atoms with Gasteiger partial charge in [0, 0.05) is 17.0 Å². The van der Waals surface area contributed by atoms with E-state index in [4.69, 9.17) is 0 Å². The summed E-state index contributed by atoms with van der Waals surface area (Å²) in [5.41, 5.74) is 1.35. The van der Waals surface area contributed by atoms with Gasteiger partial charge in [-0.3, -0.25) is 4.79 Å². The Morgan fingerprint density at radius 1 is 1.33 bits per heavy atom. The molecular formula is C17H19N3O3S. The van der Waals surface area contributed by atoms with E-state index >= 15 is 0 Å². The molecule has 1 aliphatic rings. The first-order chi connectivity index (χ1) is 11.7. The number of thiazole rings is 1. The van der Waals surface area contributed by atoms with Crippen LogP contribution in [0.4, 0.5) is 5.69 Å². The number of carbonyl (C=O) groups is 2. The Bertz CT molecular complexity index is 738. The molecule has 24 heavy (non-hydrogen) atoms. The third kappa shape index (κ3) is 3.80. The molecule has 1 aromatic carbocycles. The highest BCUT2D eigenvalue weighted by molar-refractivity contribution is 7.09. The lowest BCUT2D eigenvalue weighted by molar-refractivity contribution is 0.0600. The first-order valence-corrected chi connectivity index (χ1v) is 8.71. The molecule has 0 bridgehead atoms. The number of benzene rings is 1. The number of esters is 1. The summed E-state index contributed by atoms with van der Waals surface area (Å²) in [6.45, 7) is 1.98. The fraction of sp³-hybridized carbons (Fsp3) is 0.353. The average Bonchev–Trinajstić information content (AvgIpc) is 3.12. The van der Waals surface area contributed by atoms with Gasteiger partial charge in [0.2, 0.25) is 0 Å². The second-order valence-corrected chi connectivity index (χ2v) is 6.51. The molecule has 0 spiro atoms. The van der Waals surface area contributed by atoms with Crippen molar-refractivity contribution >= 4 is 28.9 Å². The van der Waals surface area contributed by atoms with Crippen LogP contribution in [0.3, 0.4) is 0 Å². The zero-order valence-corrected chi connectivity index (χ0v) is 14.2. The maximum atomic E-state index is 12.4. The minimum atomic E-state index is -0.437. The number of amides is 1. The molecule has 2 aromatic rings. The van der Waals surface area contributed by atoms with E-state index in [2.05, 4.69) is 20.4 Å². The van der Waals surface area contributed by atoms with Crippen LogP contribution in [0.1, 0.15) is 44.6 Å². The Morgan fingerprint density at radius 3 is 2.88 bits per heavy atom. The lowest BCUT2D eigenvalue weighted by atomic mass is 9.99. The molecule has 0 unspecified atom stereocenters. The third-order valence-electron chi connectivity index (χ3n) is 3.98. The minimum absolute atomic E-state index is 0.270. The second-order valence-electron chi connectivity index (χ2n) is 5.62. The van der Waals surface area contributed by atoms with Gasteiger partial charge in [-0.25, -0.2) is 9.78 Å². The highest BCUT2D eigenvalue weighted by Crippen LogP contribution is 2.28. The number of methoxy groups -OCH3 is 1. The first-order valence-electron chi connectivity index (χ1n) is 7.83. The van der Waals surface area contributed by atoms with Crippen molar-refractivity contribution in [3.63, 3.8) is 0 Å². The highest BCUT2D eigenvalue weighted by Gasteiger charge is 2.20. The van der Waals surface area contributed by atoms with E-state index in [1.807, 2.05) is 0 Å². The number of ether oxygens (including phenoxy) is 1. The van der Waals surface area contributed by atoms with Crippen LogP contribution in [0.2, 0.25) is 0 Å². The van der Waals surface area contributed by atoms with Crippen LogP contribution in [-0.2, 0) is 4.74 Å². The summed E-state index contributed by atoms with van der Waals surface area (Å²) in [5.74, 6) is -0.276. The molecule has 1 aromatic heterocycles. The van der Waals surface area contributed by atoms with Gasteiger partial charge in [-0.2, -0.15) is 0 Å². The van der Waals surface area contributed by atoms with Crippen LogP contribution in [0, 0.1) is 0 Å². The summed E-state index contributed by atoms with van der Waals surface area (Å²) in [4.78, 5) is 28.4. The zero-order chi connectivity index (χ0) is 16.9. The van der Waals surface area contributed by atoms with Gasteiger partial charge in [0.05, 0.1) is 17.7 Å². The van der Waals surface area contributed by atoms with Gasteiger partial charge < -0.3 is 15.4 Å². The van der Waals surface area contributed by atoms with Gasteiger partial charge in [-0.15, -0.1) is 11.3 Å². The molecule has 0 aliphatic carbocycles. The summed E-state index contributed by atoms with van der Waals surface area (Å²) in [6, 6.07) is 6.65. The van der Waals surface area contributed by atoms with Crippen molar-refractivity contribution in [2.75, 3.05) is 25.5 Å². The molecule has 2 heterocycles. The number of anilines is 1. The lowest BCUT2D eigenvalue weighted by Gasteiger charge is -2.20. The molecule has 7 heteroatoms. The topological polar surface area (TPSA) is 80.3 Å². The maximum absolute atomic E-state index is 12.4. The van der Waals surface area contributed by atoms with E-state index in [1.54, 1.807) is 29.6 Å². The van der Waals surface area contributed by atoms with Gasteiger partial charge in [-0.05, 0) is 44.1 Å². The van der Waals surface area contributed by atoms with E-state index in [1.165, 1.54) is 18.4 Å². The van der Waals surface area contributed by atoms with E-state index < -0.39 is 5.97 Å². The monoisotopic (exact) mass is 345 g/mol. The molecule has 0 atom stereocenters. The number of rotatable bonds is 4. The van der Waals surface area contributed by atoms with Crippen molar-refractivity contribution in [1.82, 2.24) is 10.3 Å². The zero-order valence-electron chi connectivity index (χ0n) is 13.4. The number of nitrogens with one attached hydrogen (secondary N) is 2. The van der Waals surface area contributed by atoms with E-state index in [-0.39, 0.29) is 5.91 Å². The summed E-state index contributed by atoms with van der Waals surface area (Å²) >= 11 is 1.53. The third-order valence-corrected chi connectivity index (χ3v) is 4.99. The van der Waals surface area contributed by atoms with Crippen molar-refractivity contribution in [1.29, 1.82) is 0 Å². The normalized spacial score (nSPS) is 15.0. The van der Waals surface area contributed by atoms with Crippen LogP contribution in [0.15, 0.2) is 29.6 Å². The van der Waals surface area contributed by atoms with E-state index in [0.717, 1.165) is 30.9 Å². The quantitative estimate of drug-likeness (QED) is 0.833. The Kier molecular flexibility index (Phi) is 5.22. The molecule has 1 aliphatic heterocycles. The Balaban J connectivity index is 1.69. The lowest BCUT2D eigenvalue weighted by Crippen LogP contribution is -2.26. The van der Waals surface area contributed by atoms with Gasteiger partial charge in [-0.1, -0.05) is 6.07 Å². The maximum Gasteiger partial charge on any atom is 0.337 e. The van der Waals surface area contributed by atoms with Crippen LogP contribution in [0.5, 0.6) is 0 Å². The summed E-state index contributed by atoms with van der Waals surface area (Å²) < 4.78 is 4.68. The molecule has 126 valence electrons. The predicted octanol–water partition coefficient (Wildman–Crippen LogP) is 2.65. The van der Waals surface area contributed by atoms with E-state index in [0.29, 0.717) is 22.9 Å². The number of hydrogen-bond donors (Lipinski definition) is 2.